The van der Waals surface area contributed by atoms with Gasteiger partial charge in [0.1, 0.15) is 0 Å². The van der Waals surface area contributed by atoms with Gasteiger partial charge in [0.05, 0.1) is 0 Å². The van der Waals surface area contributed by atoms with Crippen molar-refractivity contribution in [2.75, 3.05) is 5.32 Å². The van der Waals surface area contributed by atoms with Gasteiger partial charge in [-0.1, -0.05) is 0 Å². The summed E-state index contributed by atoms with van der Waals surface area (Å²) in [7, 11) is 0. The molecule has 4 heteroatoms. The summed E-state index contributed by atoms with van der Waals surface area (Å²) >= 11 is 0. The Bertz CT molecular complexity index is 266. The quantitative estimate of drug-likeness (QED) is 0.466. The van der Waals surface area contributed by atoms with Gasteiger partial charge in [-0.05, 0) is 12.1 Å². The third-order valence-corrected chi connectivity index (χ3v) is 0.933. The summed E-state index contributed by atoms with van der Waals surface area (Å²) in [5, 5.41) is 10.2. The molecule has 1 N–H and O–H groups in total. The van der Waals surface area contributed by atoms with Crippen LogP contribution >= 0.6 is 0 Å². The first kappa shape index (κ1) is 6.49. The van der Waals surface area contributed by atoms with Crippen molar-refractivity contribution in [1.82, 2.24) is 4.98 Å². The van der Waals surface area contributed by atoms with Crippen molar-refractivity contribution in [3.63, 3.8) is 0 Å². The molecule has 1 aromatic rings. The van der Waals surface area contributed by atoms with E-state index in [1.54, 1.807) is 6.19 Å². The molecular formula is C6H4FN3. The number of hydrogen-bond acceptors (Lipinski definition) is 3. The van der Waals surface area contributed by atoms with E-state index >= 15 is 0 Å². The molecule has 0 saturated carbocycles. The van der Waals surface area contributed by atoms with Crippen molar-refractivity contribution in [1.29, 1.82) is 5.26 Å². The molecule has 0 unspecified atom stereocenters. The summed E-state index contributed by atoms with van der Waals surface area (Å²) in [6.45, 7) is 0. The zero-order chi connectivity index (χ0) is 7.40. The highest BCUT2D eigenvalue weighted by atomic mass is 19.1. The van der Waals surface area contributed by atoms with Crippen LogP contribution in [0.2, 0.25) is 0 Å². The number of anilines is 1. The first-order valence-corrected chi connectivity index (χ1v) is 2.60. The van der Waals surface area contributed by atoms with Gasteiger partial charge in [0, 0.05) is 6.20 Å². The predicted octanol–water partition coefficient (Wildman–Crippen LogP) is 1.11. The van der Waals surface area contributed by atoms with Crippen LogP contribution in [0.1, 0.15) is 0 Å². The van der Waals surface area contributed by atoms with Gasteiger partial charge in [0.2, 0.25) is 0 Å². The van der Waals surface area contributed by atoms with E-state index in [2.05, 4.69) is 10.3 Å². The van der Waals surface area contributed by atoms with Crippen molar-refractivity contribution in [3.05, 3.63) is 24.1 Å². The topological polar surface area (TPSA) is 48.7 Å². The number of aromatic nitrogens is 1. The van der Waals surface area contributed by atoms with Gasteiger partial charge in [0.15, 0.2) is 17.8 Å². The van der Waals surface area contributed by atoms with Gasteiger partial charge in [-0.2, -0.15) is 5.26 Å². The number of hydrogen-bond donors (Lipinski definition) is 1. The summed E-state index contributed by atoms with van der Waals surface area (Å²) < 4.78 is 12.5. The maximum Gasteiger partial charge on any atom is 0.182 e. The molecule has 0 bridgehead atoms. The Kier molecular flexibility index (Phi) is 1.80. The van der Waals surface area contributed by atoms with E-state index in [0.717, 1.165) is 0 Å². The van der Waals surface area contributed by atoms with Crippen molar-refractivity contribution < 1.29 is 4.39 Å². The van der Waals surface area contributed by atoms with Gasteiger partial charge < -0.3 is 0 Å². The maximum atomic E-state index is 12.5. The normalized spacial score (nSPS) is 8.40. The van der Waals surface area contributed by atoms with Gasteiger partial charge >= 0.3 is 0 Å². The van der Waals surface area contributed by atoms with E-state index in [-0.39, 0.29) is 5.82 Å². The van der Waals surface area contributed by atoms with Crippen molar-refractivity contribution >= 4 is 5.82 Å². The minimum Gasteiger partial charge on any atom is -0.274 e. The highest BCUT2D eigenvalue weighted by Gasteiger charge is 1.97. The average molecular weight is 137 g/mol. The molecule has 0 aliphatic heterocycles. The second kappa shape index (κ2) is 2.78. The summed E-state index contributed by atoms with van der Waals surface area (Å²) in [5.41, 5.74) is 0. The zero-order valence-electron chi connectivity index (χ0n) is 5.00. The summed E-state index contributed by atoms with van der Waals surface area (Å²) in [6, 6.07) is 2.69. The molecule has 1 heterocycles. The molecule has 0 fully saturated rings. The van der Waals surface area contributed by atoms with Crippen LogP contribution in [0.4, 0.5) is 10.2 Å². The molecule has 0 aliphatic rings. The van der Waals surface area contributed by atoms with Gasteiger partial charge in [-0.3, -0.25) is 5.32 Å². The van der Waals surface area contributed by atoms with E-state index < -0.39 is 5.82 Å². The summed E-state index contributed by atoms with van der Waals surface area (Å²) in [5.74, 6) is -0.561. The smallest absolute Gasteiger partial charge is 0.182 e. The minimum absolute atomic E-state index is 0.0370. The fraction of sp³-hybridized carbons (Fsp3) is 0. The molecule has 0 spiro atoms. The number of nitrogens with zero attached hydrogens (tertiary/aromatic N) is 2. The monoisotopic (exact) mass is 137 g/mol. The van der Waals surface area contributed by atoms with Crippen LogP contribution < -0.4 is 5.32 Å². The molecule has 1 rings (SSSR count). The fourth-order valence-electron chi connectivity index (χ4n) is 0.531. The van der Waals surface area contributed by atoms with Crippen LogP contribution in [0.5, 0.6) is 0 Å². The molecule has 0 radical (unpaired) electrons. The predicted molar refractivity (Wildman–Crippen MR) is 33.4 cm³/mol. The molecular weight excluding hydrogens is 133 g/mol. The van der Waals surface area contributed by atoms with Gasteiger partial charge in [-0.25, -0.2) is 9.37 Å². The van der Waals surface area contributed by atoms with Crippen LogP contribution in [-0.2, 0) is 0 Å². The number of rotatable bonds is 1. The Hall–Kier alpha value is -1.63. The molecule has 0 aliphatic carbocycles. The molecule has 3 nitrogen and oxygen atoms in total. The lowest BCUT2D eigenvalue weighted by Gasteiger charge is -1.94. The lowest BCUT2D eigenvalue weighted by molar-refractivity contribution is 0.626. The van der Waals surface area contributed by atoms with Gasteiger partial charge in [-0.15, -0.1) is 0 Å². The van der Waals surface area contributed by atoms with E-state index in [0.29, 0.717) is 0 Å². The first-order chi connectivity index (χ1) is 4.84. The molecule has 1 aromatic heterocycles. The zero-order valence-corrected chi connectivity index (χ0v) is 5.00. The standard InChI is InChI=1S/C6H4FN3/c7-5-2-1-3-9-6(5)10-4-8/h1-3H,(H,9,10). The Balaban J connectivity index is 2.94. The van der Waals surface area contributed by atoms with Gasteiger partial charge in [0.25, 0.3) is 0 Å². The van der Waals surface area contributed by atoms with Crippen LogP contribution in [-0.4, -0.2) is 4.98 Å². The third-order valence-electron chi connectivity index (χ3n) is 0.933. The van der Waals surface area contributed by atoms with Crippen molar-refractivity contribution in [3.8, 4) is 6.19 Å². The number of pyridine rings is 1. The van der Waals surface area contributed by atoms with E-state index in [9.17, 15) is 4.39 Å². The molecule has 0 atom stereocenters. The molecule has 0 amide bonds. The van der Waals surface area contributed by atoms with Crippen LogP contribution in [0.15, 0.2) is 18.3 Å². The second-order valence-corrected chi connectivity index (χ2v) is 1.57. The van der Waals surface area contributed by atoms with Crippen LogP contribution in [0.3, 0.4) is 0 Å². The van der Waals surface area contributed by atoms with Crippen LogP contribution in [0.25, 0.3) is 0 Å². The Morgan fingerprint density at radius 2 is 2.50 bits per heavy atom. The lowest BCUT2D eigenvalue weighted by Crippen LogP contribution is -1.93. The molecule has 10 heavy (non-hydrogen) atoms. The molecule has 0 aromatic carbocycles. The van der Waals surface area contributed by atoms with E-state index in [1.165, 1.54) is 18.3 Å². The Labute approximate surface area is 57.1 Å². The third kappa shape index (κ3) is 1.20. The van der Waals surface area contributed by atoms with E-state index in [1.807, 2.05) is 0 Å². The Morgan fingerprint density at radius 3 is 3.10 bits per heavy atom. The largest absolute Gasteiger partial charge is 0.274 e. The maximum absolute atomic E-state index is 12.5. The van der Waals surface area contributed by atoms with Crippen LogP contribution in [0, 0.1) is 17.3 Å². The van der Waals surface area contributed by atoms with Crippen molar-refractivity contribution in [2.45, 2.75) is 0 Å². The number of halogens is 1. The van der Waals surface area contributed by atoms with E-state index in [4.69, 9.17) is 5.26 Å². The average Bonchev–Trinajstić information content (AvgIpc) is 1.94. The summed E-state index contributed by atoms with van der Waals surface area (Å²) in [6.07, 6.45) is 2.98. The highest BCUT2D eigenvalue weighted by Crippen LogP contribution is 2.06. The molecule has 50 valence electrons. The number of nitrogens with one attached hydrogen (secondary N) is 1. The highest BCUT2D eigenvalue weighted by molar-refractivity contribution is 5.39. The summed E-state index contributed by atoms with van der Waals surface area (Å²) in [4.78, 5) is 3.56. The first-order valence-electron chi connectivity index (χ1n) is 2.60. The number of nitriles is 1. The van der Waals surface area contributed by atoms with Crippen molar-refractivity contribution in [2.24, 2.45) is 0 Å². The molecule has 0 saturated heterocycles. The second-order valence-electron chi connectivity index (χ2n) is 1.57. The minimum atomic E-state index is -0.524. The lowest BCUT2D eigenvalue weighted by atomic mass is 10.4. The fourth-order valence-corrected chi connectivity index (χ4v) is 0.531. The Morgan fingerprint density at radius 1 is 1.70 bits per heavy atom. The SMILES string of the molecule is N#CNc1ncccc1F.